The quantitative estimate of drug-likeness (QED) is 0.228. The summed E-state index contributed by atoms with van der Waals surface area (Å²) in [6, 6.07) is 0. The molecule has 0 rings (SSSR count). The standard InChI is InChI=1S/C4H4F4O5S.Na/c1-13-2(9)3(5,4(6,7)8)14(10,11)12;/h1H3,(H,10,11,12);/q;+1/p-1. The average molecular weight is 262 g/mol. The van der Waals surface area contributed by atoms with Gasteiger partial charge in [-0.1, -0.05) is 0 Å². The second-order valence-electron chi connectivity index (χ2n) is 2.04. The smallest absolute Gasteiger partial charge is 0.745 e. The number of carbonyl (C=O) groups is 1. The number of methoxy groups -OCH3 is 1. The number of esters is 1. The number of rotatable bonds is 2. The monoisotopic (exact) mass is 262 g/mol. The average Bonchev–Trinajstić information content (AvgIpc) is 1.97. The van der Waals surface area contributed by atoms with Crippen LogP contribution in [0.3, 0.4) is 0 Å². The summed E-state index contributed by atoms with van der Waals surface area (Å²) in [7, 11) is -6.24. The van der Waals surface area contributed by atoms with E-state index in [1.165, 1.54) is 0 Å². The van der Waals surface area contributed by atoms with E-state index in [0.717, 1.165) is 0 Å². The molecule has 0 aromatic heterocycles. The van der Waals surface area contributed by atoms with Gasteiger partial charge in [-0.25, -0.2) is 17.6 Å². The van der Waals surface area contributed by atoms with E-state index in [1.807, 2.05) is 0 Å². The zero-order valence-corrected chi connectivity index (χ0v) is 10.3. The molecule has 0 amide bonds. The Morgan fingerprint density at radius 2 is 1.60 bits per heavy atom. The van der Waals surface area contributed by atoms with Crippen LogP contribution in [0.2, 0.25) is 0 Å². The van der Waals surface area contributed by atoms with Gasteiger partial charge in [-0.3, -0.25) is 0 Å². The summed E-state index contributed by atoms with van der Waals surface area (Å²) in [6.45, 7) is 0. The van der Waals surface area contributed by atoms with Gasteiger partial charge in [0.2, 0.25) is 0 Å². The van der Waals surface area contributed by atoms with Crippen molar-refractivity contribution in [1.82, 2.24) is 0 Å². The van der Waals surface area contributed by atoms with Crippen molar-refractivity contribution in [2.75, 3.05) is 7.11 Å². The SMILES string of the molecule is COC(=O)C(F)(C(F)(F)F)S(=O)(=O)[O-].[Na+]. The molecule has 0 aliphatic rings. The van der Waals surface area contributed by atoms with Gasteiger partial charge in [0.15, 0.2) is 10.1 Å². The van der Waals surface area contributed by atoms with Crippen molar-refractivity contribution in [3.05, 3.63) is 0 Å². The van der Waals surface area contributed by atoms with Crippen LogP contribution in [0.15, 0.2) is 0 Å². The van der Waals surface area contributed by atoms with Gasteiger partial charge < -0.3 is 9.29 Å². The second kappa shape index (κ2) is 4.95. The van der Waals surface area contributed by atoms with Crippen molar-refractivity contribution in [3.63, 3.8) is 0 Å². The van der Waals surface area contributed by atoms with Crippen molar-refractivity contribution in [3.8, 4) is 0 Å². The summed E-state index contributed by atoms with van der Waals surface area (Å²) in [6.07, 6.45) is -6.18. The molecule has 0 radical (unpaired) electrons. The van der Waals surface area contributed by atoms with Crippen LogP contribution in [-0.2, 0) is 19.6 Å². The molecule has 0 aliphatic heterocycles. The molecule has 0 heterocycles. The summed E-state index contributed by atoms with van der Waals surface area (Å²) in [5.74, 6) is -2.82. The van der Waals surface area contributed by atoms with Crippen molar-refractivity contribution >= 4 is 16.1 Å². The largest absolute Gasteiger partial charge is 1.00 e. The van der Waals surface area contributed by atoms with Crippen molar-refractivity contribution in [2.24, 2.45) is 0 Å². The van der Waals surface area contributed by atoms with Crippen molar-refractivity contribution in [1.29, 1.82) is 0 Å². The molecule has 1 atom stereocenters. The van der Waals surface area contributed by atoms with Gasteiger partial charge in [0.05, 0.1) is 7.11 Å². The summed E-state index contributed by atoms with van der Waals surface area (Å²) >= 11 is 0. The van der Waals surface area contributed by atoms with Crippen LogP contribution < -0.4 is 29.6 Å². The minimum Gasteiger partial charge on any atom is -0.745 e. The van der Waals surface area contributed by atoms with E-state index in [9.17, 15) is 35.3 Å². The van der Waals surface area contributed by atoms with Crippen LogP contribution in [-0.4, -0.2) is 37.2 Å². The fraction of sp³-hybridized carbons (Fsp3) is 0.750. The molecule has 15 heavy (non-hydrogen) atoms. The second-order valence-corrected chi connectivity index (χ2v) is 3.51. The topological polar surface area (TPSA) is 83.5 Å². The minimum absolute atomic E-state index is 0. The molecule has 1 unspecified atom stereocenters. The van der Waals surface area contributed by atoms with Crippen LogP contribution in [0.4, 0.5) is 17.6 Å². The Labute approximate surface area is 104 Å². The van der Waals surface area contributed by atoms with Crippen LogP contribution >= 0.6 is 0 Å². The maximum absolute atomic E-state index is 12.7. The van der Waals surface area contributed by atoms with Gasteiger partial charge in [-0.2, -0.15) is 13.2 Å². The first-order chi connectivity index (χ1) is 5.98. The fourth-order valence-corrected chi connectivity index (χ4v) is 1.06. The number of halogens is 4. The normalized spacial score (nSPS) is 16.1. The first kappa shape index (κ1) is 17.5. The molecule has 5 nitrogen and oxygen atoms in total. The summed E-state index contributed by atoms with van der Waals surface area (Å²) < 4.78 is 81.1. The van der Waals surface area contributed by atoms with Gasteiger partial charge in [0.25, 0.3) is 0 Å². The van der Waals surface area contributed by atoms with E-state index in [4.69, 9.17) is 0 Å². The Kier molecular flexibility index (Phi) is 5.78. The van der Waals surface area contributed by atoms with Crippen LogP contribution in [0, 0.1) is 0 Å². The van der Waals surface area contributed by atoms with E-state index in [2.05, 4.69) is 4.74 Å². The molecule has 0 bridgehead atoms. The predicted molar refractivity (Wildman–Crippen MR) is 31.6 cm³/mol. The first-order valence-electron chi connectivity index (χ1n) is 2.78. The number of carbonyl (C=O) groups excluding carboxylic acids is 1. The van der Waals surface area contributed by atoms with E-state index < -0.39 is 27.3 Å². The van der Waals surface area contributed by atoms with Crippen LogP contribution in [0.1, 0.15) is 0 Å². The van der Waals surface area contributed by atoms with E-state index in [-0.39, 0.29) is 29.6 Å². The predicted octanol–water partition coefficient (Wildman–Crippen LogP) is -3.06. The maximum atomic E-state index is 12.7. The van der Waals surface area contributed by atoms with Crippen LogP contribution in [0.25, 0.3) is 0 Å². The Hall–Kier alpha value is 0.1000. The van der Waals surface area contributed by atoms with E-state index >= 15 is 0 Å². The Bertz CT molecular complexity index is 337. The number of ether oxygens (including phenoxy) is 1. The van der Waals surface area contributed by atoms with Crippen LogP contribution in [0.5, 0.6) is 0 Å². The molecule has 84 valence electrons. The zero-order chi connectivity index (χ0) is 11.8. The maximum Gasteiger partial charge on any atom is 1.00 e. The molecule has 0 saturated carbocycles. The molecule has 0 aromatic carbocycles. The Morgan fingerprint density at radius 1 is 1.27 bits per heavy atom. The molecule has 0 N–H and O–H groups in total. The first-order valence-corrected chi connectivity index (χ1v) is 4.18. The molecular weight excluding hydrogens is 259 g/mol. The summed E-state index contributed by atoms with van der Waals surface area (Å²) in [5, 5.41) is -5.56. The Morgan fingerprint density at radius 3 is 1.67 bits per heavy atom. The molecule has 0 aromatic rings. The van der Waals surface area contributed by atoms with E-state index in [0.29, 0.717) is 7.11 Å². The third-order valence-electron chi connectivity index (χ3n) is 1.16. The van der Waals surface area contributed by atoms with Gasteiger partial charge in [0, 0.05) is 0 Å². The fourth-order valence-electron chi connectivity index (χ4n) is 0.491. The Balaban J connectivity index is 0. The molecule has 0 spiro atoms. The van der Waals surface area contributed by atoms with Crippen molar-refractivity contribution < 1.29 is 69.6 Å². The molecule has 11 heteroatoms. The van der Waals surface area contributed by atoms with Crippen molar-refractivity contribution in [2.45, 2.75) is 11.2 Å². The van der Waals surface area contributed by atoms with Gasteiger partial charge in [-0.15, -0.1) is 0 Å². The minimum atomic E-state index is -6.55. The van der Waals surface area contributed by atoms with Gasteiger partial charge in [0.1, 0.15) is 0 Å². The number of alkyl halides is 4. The molecule has 0 saturated heterocycles. The van der Waals surface area contributed by atoms with Gasteiger partial charge >= 0.3 is 46.7 Å². The molecule has 0 fully saturated rings. The summed E-state index contributed by atoms with van der Waals surface area (Å²) in [4.78, 5) is 10.2. The molecule has 0 aliphatic carbocycles. The molecular formula is C4H3F4NaO5S. The van der Waals surface area contributed by atoms with E-state index in [1.54, 1.807) is 0 Å². The third-order valence-corrected chi connectivity index (χ3v) is 2.24. The summed E-state index contributed by atoms with van der Waals surface area (Å²) in [5.41, 5.74) is 0. The third kappa shape index (κ3) is 3.03. The van der Waals surface area contributed by atoms with Gasteiger partial charge in [-0.05, 0) is 0 Å². The number of hydrogen-bond acceptors (Lipinski definition) is 5. The number of hydrogen-bond donors (Lipinski definition) is 0. The zero-order valence-electron chi connectivity index (χ0n) is 7.46.